The fourth-order valence-corrected chi connectivity index (χ4v) is 3.65. The van der Waals surface area contributed by atoms with E-state index in [9.17, 15) is 9.59 Å². The highest BCUT2D eigenvalue weighted by Crippen LogP contribution is 2.33. The number of halogens is 2. The third-order valence-electron chi connectivity index (χ3n) is 4.98. The summed E-state index contributed by atoms with van der Waals surface area (Å²) in [5.74, 6) is -0.534. The molecule has 0 atom stereocenters. The van der Waals surface area contributed by atoms with Gasteiger partial charge in [0.05, 0.1) is 23.5 Å². The molecule has 0 saturated carbocycles. The first-order valence-corrected chi connectivity index (χ1v) is 10.5. The van der Waals surface area contributed by atoms with E-state index in [-0.39, 0.29) is 24.8 Å². The van der Waals surface area contributed by atoms with Crippen molar-refractivity contribution in [2.24, 2.45) is 4.99 Å². The van der Waals surface area contributed by atoms with Crippen molar-refractivity contribution in [2.75, 3.05) is 16.8 Å². The van der Waals surface area contributed by atoms with E-state index in [0.29, 0.717) is 32.8 Å². The van der Waals surface area contributed by atoms with Crippen LogP contribution in [0.3, 0.4) is 0 Å². The molecular formula is C24H19Cl2N3O2. The first-order valence-electron chi connectivity index (χ1n) is 9.69. The second kappa shape index (κ2) is 8.92. The van der Waals surface area contributed by atoms with Crippen molar-refractivity contribution in [3.05, 3.63) is 87.9 Å². The quantitative estimate of drug-likeness (QED) is 0.544. The lowest BCUT2D eigenvalue weighted by molar-refractivity contribution is -0.120. The molecule has 1 aliphatic rings. The summed E-state index contributed by atoms with van der Waals surface area (Å²) in [7, 11) is 0. The van der Waals surface area contributed by atoms with E-state index in [1.807, 2.05) is 43.3 Å². The molecule has 0 aliphatic carbocycles. The van der Waals surface area contributed by atoms with Gasteiger partial charge in [-0.2, -0.15) is 0 Å². The lowest BCUT2D eigenvalue weighted by atomic mass is 10.1. The molecule has 31 heavy (non-hydrogen) atoms. The summed E-state index contributed by atoms with van der Waals surface area (Å²) in [6.07, 6.45) is 0.0694. The zero-order chi connectivity index (χ0) is 22.0. The van der Waals surface area contributed by atoms with Gasteiger partial charge in [-0.15, -0.1) is 0 Å². The number of carbonyl (C=O) groups is 2. The van der Waals surface area contributed by atoms with Gasteiger partial charge in [-0.3, -0.25) is 14.6 Å². The maximum Gasteiger partial charge on any atom is 0.244 e. The highest BCUT2D eigenvalue weighted by molar-refractivity contribution is 6.31. The molecule has 0 fully saturated rings. The Bertz CT molecular complexity index is 1190. The molecule has 0 radical (unpaired) electrons. The number of aliphatic imine (C=N–C) groups is 1. The van der Waals surface area contributed by atoms with E-state index in [4.69, 9.17) is 28.2 Å². The SMILES string of the molecule is Cc1ccc(NC(=O)CN2C(=O)CC(c3ccc(Cl)cc3)=Nc3ccccc32)cc1Cl. The van der Waals surface area contributed by atoms with E-state index in [1.165, 1.54) is 4.90 Å². The van der Waals surface area contributed by atoms with Gasteiger partial charge < -0.3 is 10.2 Å². The number of para-hydroxylation sites is 2. The van der Waals surface area contributed by atoms with Crippen molar-refractivity contribution in [1.29, 1.82) is 0 Å². The number of carbonyl (C=O) groups excluding carboxylic acids is 2. The topological polar surface area (TPSA) is 61.8 Å². The van der Waals surface area contributed by atoms with Gasteiger partial charge in [0.2, 0.25) is 11.8 Å². The van der Waals surface area contributed by atoms with Crippen LogP contribution < -0.4 is 10.2 Å². The van der Waals surface area contributed by atoms with Crippen molar-refractivity contribution in [3.63, 3.8) is 0 Å². The Kier molecular flexibility index (Phi) is 6.07. The van der Waals surface area contributed by atoms with Crippen molar-refractivity contribution in [3.8, 4) is 0 Å². The van der Waals surface area contributed by atoms with Crippen molar-refractivity contribution < 1.29 is 9.59 Å². The second-order valence-electron chi connectivity index (χ2n) is 7.22. The van der Waals surface area contributed by atoms with Crippen LogP contribution in [-0.4, -0.2) is 24.1 Å². The lowest BCUT2D eigenvalue weighted by Gasteiger charge is -2.22. The van der Waals surface area contributed by atoms with E-state index < -0.39 is 0 Å². The van der Waals surface area contributed by atoms with Crippen LogP contribution in [0.5, 0.6) is 0 Å². The van der Waals surface area contributed by atoms with E-state index >= 15 is 0 Å². The molecular weight excluding hydrogens is 433 g/mol. The Balaban J connectivity index is 1.59. The number of nitrogens with zero attached hydrogens (tertiary/aromatic N) is 2. The molecule has 3 aromatic carbocycles. The molecule has 0 spiro atoms. The number of aryl methyl sites for hydroxylation is 1. The molecule has 7 heteroatoms. The van der Waals surface area contributed by atoms with Gasteiger partial charge in [0, 0.05) is 15.7 Å². The zero-order valence-electron chi connectivity index (χ0n) is 16.7. The molecule has 1 heterocycles. The summed E-state index contributed by atoms with van der Waals surface area (Å²) in [5.41, 5.74) is 4.16. The van der Waals surface area contributed by atoms with Crippen LogP contribution in [0.2, 0.25) is 10.0 Å². The summed E-state index contributed by atoms with van der Waals surface area (Å²) in [5, 5.41) is 3.98. The Morgan fingerprint density at radius 1 is 1.06 bits per heavy atom. The Hall–Kier alpha value is -3.15. The summed E-state index contributed by atoms with van der Waals surface area (Å²) >= 11 is 12.1. The van der Waals surface area contributed by atoms with Gasteiger partial charge in [-0.1, -0.05) is 53.5 Å². The third kappa shape index (κ3) is 4.79. The Labute approximate surface area is 190 Å². The second-order valence-corrected chi connectivity index (χ2v) is 8.07. The van der Waals surface area contributed by atoms with Gasteiger partial charge >= 0.3 is 0 Å². The van der Waals surface area contributed by atoms with Crippen LogP contribution in [0, 0.1) is 6.92 Å². The Morgan fingerprint density at radius 3 is 2.55 bits per heavy atom. The molecule has 156 valence electrons. The first-order chi connectivity index (χ1) is 14.9. The van der Waals surface area contributed by atoms with Crippen molar-refractivity contribution in [2.45, 2.75) is 13.3 Å². The van der Waals surface area contributed by atoms with E-state index in [0.717, 1.165) is 11.1 Å². The molecule has 1 N–H and O–H groups in total. The van der Waals surface area contributed by atoms with Crippen LogP contribution in [-0.2, 0) is 9.59 Å². The largest absolute Gasteiger partial charge is 0.324 e. The molecule has 5 nitrogen and oxygen atoms in total. The summed E-state index contributed by atoms with van der Waals surface area (Å²) in [6.45, 7) is 1.75. The maximum absolute atomic E-state index is 13.1. The monoisotopic (exact) mass is 451 g/mol. The number of hydrogen-bond acceptors (Lipinski definition) is 3. The molecule has 4 rings (SSSR count). The number of hydrogen-bond donors (Lipinski definition) is 1. The summed E-state index contributed by atoms with van der Waals surface area (Å²) in [4.78, 5) is 32.0. The van der Waals surface area contributed by atoms with Crippen molar-refractivity contribution >= 4 is 57.8 Å². The van der Waals surface area contributed by atoms with Crippen LogP contribution in [0.1, 0.15) is 17.5 Å². The molecule has 0 saturated heterocycles. The average molecular weight is 452 g/mol. The van der Waals surface area contributed by atoms with Crippen molar-refractivity contribution in [1.82, 2.24) is 0 Å². The minimum atomic E-state index is -0.321. The molecule has 0 unspecified atom stereocenters. The molecule has 1 aliphatic heterocycles. The van der Waals surface area contributed by atoms with Crippen LogP contribution in [0.15, 0.2) is 71.7 Å². The number of amides is 2. The summed E-state index contributed by atoms with van der Waals surface area (Å²) in [6, 6.07) is 19.8. The highest BCUT2D eigenvalue weighted by Gasteiger charge is 2.26. The third-order valence-corrected chi connectivity index (χ3v) is 5.64. The minimum Gasteiger partial charge on any atom is -0.324 e. The molecule has 0 bridgehead atoms. The Morgan fingerprint density at radius 2 is 1.81 bits per heavy atom. The smallest absolute Gasteiger partial charge is 0.244 e. The van der Waals surface area contributed by atoms with E-state index in [2.05, 4.69) is 5.32 Å². The number of anilines is 2. The van der Waals surface area contributed by atoms with Gasteiger partial charge in [-0.05, 0) is 54.4 Å². The van der Waals surface area contributed by atoms with Crippen LogP contribution in [0.4, 0.5) is 17.1 Å². The zero-order valence-corrected chi connectivity index (χ0v) is 18.2. The molecule has 0 aromatic heterocycles. The number of fused-ring (bicyclic) bond motifs is 1. The van der Waals surface area contributed by atoms with Gasteiger partial charge in [0.25, 0.3) is 0 Å². The summed E-state index contributed by atoms with van der Waals surface area (Å²) < 4.78 is 0. The van der Waals surface area contributed by atoms with Crippen LogP contribution in [0.25, 0.3) is 0 Å². The minimum absolute atomic E-state index is 0.0694. The fourth-order valence-electron chi connectivity index (χ4n) is 3.34. The fraction of sp³-hybridized carbons (Fsp3) is 0.125. The normalized spacial score (nSPS) is 13.3. The van der Waals surface area contributed by atoms with Gasteiger partial charge in [0.15, 0.2) is 0 Å². The highest BCUT2D eigenvalue weighted by atomic mass is 35.5. The number of benzene rings is 3. The first kappa shape index (κ1) is 21.1. The predicted octanol–water partition coefficient (Wildman–Crippen LogP) is 5.80. The number of nitrogens with one attached hydrogen (secondary N) is 1. The lowest BCUT2D eigenvalue weighted by Crippen LogP contribution is -2.38. The van der Waals surface area contributed by atoms with E-state index in [1.54, 1.807) is 30.3 Å². The van der Waals surface area contributed by atoms with Gasteiger partial charge in [-0.25, -0.2) is 0 Å². The number of rotatable bonds is 4. The maximum atomic E-state index is 13.1. The van der Waals surface area contributed by atoms with Crippen LogP contribution >= 0.6 is 23.2 Å². The standard InChI is InChI=1S/C24H19Cl2N3O2/c1-15-6-11-18(12-19(15)26)27-23(30)14-29-22-5-3-2-4-20(22)28-21(13-24(29)31)16-7-9-17(25)10-8-16/h2-12H,13-14H2,1H3,(H,27,30). The van der Waals surface area contributed by atoms with Gasteiger partial charge in [0.1, 0.15) is 6.54 Å². The average Bonchev–Trinajstić information content (AvgIpc) is 2.88. The molecule has 3 aromatic rings. The predicted molar refractivity (Wildman–Crippen MR) is 126 cm³/mol. The molecule has 2 amide bonds.